The van der Waals surface area contributed by atoms with Crippen LogP contribution >= 0.6 is 15.9 Å². The zero-order chi connectivity index (χ0) is 11.5. The van der Waals surface area contributed by atoms with Crippen LogP contribution < -0.4 is 5.73 Å². The molecule has 2 rings (SSSR count). The molecule has 1 fully saturated rings. The summed E-state index contributed by atoms with van der Waals surface area (Å²) in [7, 11) is 0. The first-order valence-electron chi connectivity index (χ1n) is 5.55. The molecule has 0 amide bonds. The lowest BCUT2D eigenvalue weighted by Gasteiger charge is -2.16. The van der Waals surface area contributed by atoms with E-state index in [1.807, 2.05) is 12.1 Å². The number of hydrogen-bond donors (Lipinski definition) is 1. The predicted octanol–water partition coefficient (Wildman–Crippen LogP) is 2.37. The molecule has 16 heavy (non-hydrogen) atoms. The molecule has 2 N–H and O–H groups in total. The molecule has 1 aliphatic rings. The fourth-order valence-electron chi connectivity index (χ4n) is 2.14. The number of halogens is 2. The maximum absolute atomic E-state index is 13.6. The summed E-state index contributed by atoms with van der Waals surface area (Å²) < 4.78 is 14.4. The van der Waals surface area contributed by atoms with Gasteiger partial charge in [0.05, 0.1) is 0 Å². The molecule has 1 atom stereocenters. The van der Waals surface area contributed by atoms with Gasteiger partial charge >= 0.3 is 0 Å². The highest BCUT2D eigenvalue weighted by Gasteiger charge is 2.21. The molecule has 1 heterocycles. The summed E-state index contributed by atoms with van der Waals surface area (Å²) in [6, 6.07) is 5.25. The van der Waals surface area contributed by atoms with E-state index in [2.05, 4.69) is 20.8 Å². The van der Waals surface area contributed by atoms with Crippen LogP contribution in [0, 0.1) is 11.7 Å². The van der Waals surface area contributed by atoms with Crippen LogP contribution in [0.1, 0.15) is 12.0 Å². The van der Waals surface area contributed by atoms with Crippen molar-refractivity contribution in [2.45, 2.75) is 13.0 Å². The molecule has 0 spiro atoms. The molecule has 2 nitrogen and oxygen atoms in total. The van der Waals surface area contributed by atoms with E-state index in [1.165, 1.54) is 6.07 Å². The maximum atomic E-state index is 13.6. The molecule has 0 aromatic heterocycles. The number of hydrogen-bond acceptors (Lipinski definition) is 2. The summed E-state index contributed by atoms with van der Waals surface area (Å²) in [6.07, 6.45) is 1.13. The Hall–Kier alpha value is -0.450. The van der Waals surface area contributed by atoms with Gasteiger partial charge in [-0.1, -0.05) is 22.0 Å². The van der Waals surface area contributed by atoms with E-state index in [1.54, 1.807) is 0 Å². The second-order valence-electron chi connectivity index (χ2n) is 4.36. The van der Waals surface area contributed by atoms with Crippen molar-refractivity contribution in [2.24, 2.45) is 11.7 Å². The van der Waals surface area contributed by atoms with Crippen molar-refractivity contribution >= 4 is 15.9 Å². The van der Waals surface area contributed by atoms with E-state index in [0.717, 1.165) is 36.1 Å². The number of nitrogens with two attached hydrogens (primary N) is 1. The number of benzene rings is 1. The first-order valence-corrected chi connectivity index (χ1v) is 6.34. The number of likely N-dealkylation sites (tertiary alicyclic amines) is 1. The van der Waals surface area contributed by atoms with Crippen molar-refractivity contribution in [3.05, 3.63) is 34.1 Å². The molecule has 0 aliphatic carbocycles. The highest BCUT2D eigenvalue weighted by Crippen LogP contribution is 2.21. The van der Waals surface area contributed by atoms with Gasteiger partial charge in [-0.25, -0.2) is 4.39 Å². The van der Waals surface area contributed by atoms with Crippen LogP contribution in [-0.4, -0.2) is 24.5 Å². The third-order valence-electron chi connectivity index (χ3n) is 3.11. The molecule has 1 aliphatic heterocycles. The normalized spacial score (nSPS) is 21.6. The molecule has 88 valence electrons. The lowest BCUT2D eigenvalue weighted by Crippen LogP contribution is -2.23. The summed E-state index contributed by atoms with van der Waals surface area (Å²) in [5.41, 5.74) is 6.40. The van der Waals surface area contributed by atoms with E-state index in [4.69, 9.17) is 5.73 Å². The fourth-order valence-corrected chi connectivity index (χ4v) is 2.47. The Balaban J connectivity index is 1.99. The molecule has 4 heteroatoms. The van der Waals surface area contributed by atoms with Gasteiger partial charge in [-0.3, -0.25) is 4.90 Å². The van der Waals surface area contributed by atoms with Gasteiger partial charge in [-0.2, -0.15) is 0 Å². The molecule has 1 aromatic carbocycles. The Morgan fingerprint density at radius 2 is 2.31 bits per heavy atom. The zero-order valence-electron chi connectivity index (χ0n) is 9.13. The minimum Gasteiger partial charge on any atom is -0.330 e. The Bertz CT molecular complexity index is 370. The summed E-state index contributed by atoms with van der Waals surface area (Å²) in [6.45, 7) is 3.44. The topological polar surface area (TPSA) is 29.3 Å². The molecule has 0 bridgehead atoms. The lowest BCUT2D eigenvalue weighted by molar-refractivity contribution is 0.312. The molecule has 0 radical (unpaired) electrons. The monoisotopic (exact) mass is 286 g/mol. The van der Waals surface area contributed by atoms with E-state index >= 15 is 0 Å². The molecular formula is C12H16BrFN2. The smallest absolute Gasteiger partial charge is 0.128 e. The van der Waals surface area contributed by atoms with Gasteiger partial charge in [0.1, 0.15) is 5.82 Å². The number of rotatable bonds is 3. The summed E-state index contributed by atoms with van der Waals surface area (Å²) in [5, 5.41) is 0. The summed E-state index contributed by atoms with van der Waals surface area (Å²) >= 11 is 3.26. The predicted molar refractivity (Wildman–Crippen MR) is 66.5 cm³/mol. The average Bonchev–Trinajstić information content (AvgIpc) is 2.70. The van der Waals surface area contributed by atoms with Gasteiger partial charge in [-0.05, 0) is 37.6 Å². The highest BCUT2D eigenvalue weighted by molar-refractivity contribution is 9.10. The van der Waals surface area contributed by atoms with Gasteiger partial charge in [0.15, 0.2) is 0 Å². The van der Waals surface area contributed by atoms with Crippen molar-refractivity contribution < 1.29 is 4.39 Å². The highest BCUT2D eigenvalue weighted by atomic mass is 79.9. The molecule has 1 aromatic rings. The molecular weight excluding hydrogens is 271 g/mol. The number of nitrogens with zero attached hydrogens (tertiary/aromatic N) is 1. The largest absolute Gasteiger partial charge is 0.330 e. The van der Waals surface area contributed by atoms with Crippen molar-refractivity contribution in [1.29, 1.82) is 0 Å². The van der Waals surface area contributed by atoms with Crippen LogP contribution in [-0.2, 0) is 6.54 Å². The SMILES string of the molecule is NCC1CCN(Cc2ccc(Br)cc2F)C1. The van der Waals surface area contributed by atoms with E-state index < -0.39 is 0 Å². The first kappa shape index (κ1) is 12.0. The van der Waals surface area contributed by atoms with Gasteiger partial charge in [0.25, 0.3) is 0 Å². The second-order valence-corrected chi connectivity index (χ2v) is 5.28. The van der Waals surface area contributed by atoms with Crippen molar-refractivity contribution in [3.8, 4) is 0 Å². The van der Waals surface area contributed by atoms with Gasteiger partial charge in [-0.15, -0.1) is 0 Å². The van der Waals surface area contributed by atoms with Crippen LogP contribution in [0.3, 0.4) is 0 Å². The fraction of sp³-hybridized carbons (Fsp3) is 0.500. The van der Waals surface area contributed by atoms with Crippen LogP contribution in [0.15, 0.2) is 22.7 Å². The van der Waals surface area contributed by atoms with Gasteiger partial charge in [0, 0.05) is 23.1 Å². The van der Waals surface area contributed by atoms with E-state index in [9.17, 15) is 4.39 Å². The lowest BCUT2D eigenvalue weighted by atomic mass is 10.1. The second kappa shape index (κ2) is 5.25. The Morgan fingerprint density at radius 3 is 2.94 bits per heavy atom. The van der Waals surface area contributed by atoms with Crippen molar-refractivity contribution in [3.63, 3.8) is 0 Å². The van der Waals surface area contributed by atoms with Crippen LogP contribution in [0.5, 0.6) is 0 Å². The average molecular weight is 287 g/mol. The summed E-state index contributed by atoms with van der Waals surface area (Å²) in [4.78, 5) is 2.27. The minimum absolute atomic E-state index is 0.134. The zero-order valence-corrected chi connectivity index (χ0v) is 10.7. The standard InChI is InChI=1S/C12H16BrFN2/c13-11-2-1-10(12(14)5-11)8-16-4-3-9(6-15)7-16/h1-2,5,9H,3-4,6-8,15H2. The van der Waals surface area contributed by atoms with Crippen LogP contribution in [0.2, 0.25) is 0 Å². The molecule has 0 saturated carbocycles. The molecule has 1 saturated heterocycles. The van der Waals surface area contributed by atoms with E-state index in [0.29, 0.717) is 12.5 Å². The third-order valence-corrected chi connectivity index (χ3v) is 3.61. The van der Waals surface area contributed by atoms with Gasteiger partial charge in [0.2, 0.25) is 0 Å². The quantitative estimate of drug-likeness (QED) is 0.924. The Kier molecular flexibility index (Phi) is 3.95. The maximum Gasteiger partial charge on any atom is 0.128 e. The summed E-state index contributed by atoms with van der Waals surface area (Å²) in [5.74, 6) is 0.448. The van der Waals surface area contributed by atoms with Crippen LogP contribution in [0.4, 0.5) is 4.39 Å². The Morgan fingerprint density at radius 1 is 1.50 bits per heavy atom. The van der Waals surface area contributed by atoms with Crippen LogP contribution in [0.25, 0.3) is 0 Å². The Labute approximate surface area is 104 Å². The van der Waals surface area contributed by atoms with Crippen molar-refractivity contribution in [2.75, 3.05) is 19.6 Å². The first-order chi connectivity index (χ1) is 7.69. The third kappa shape index (κ3) is 2.81. The van der Waals surface area contributed by atoms with Gasteiger partial charge < -0.3 is 5.73 Å². The van der Waals surface area contributed by atoms with Crippen molar-refractivity contribution in [1.82, 2.24) is 4.90 Å². The molecule has 1 unspecified atom stereocenters. The van der Waals surface area contributed by atoms with E-state index in [-0.39, 0.29) is 5.82 Å². The minimum atomic E-state index is -0.134.